The first-order valence-electron chi connectivity index (χ1n) is 12.4. The summed E-state index contributed by atoms with van der Waals surface area (Å²) in [7, 11) is 0. The number of nitrogens with one attached hydrogen (secondary N) is 2. The second-order valence-corrected chi connectivity index (χ2v) is 8.71. The summed E-state index contributed by atoms with van der Waals surface area (Å²) in [5.41, 5.74) is -1.24. The molecule has 0 bridgehead atoms. The number of carbonyl (C=O) groups excluding carboxylic acids is 5. The minimum atomic E-state index is -2.32. The maximum Gasteiger partial charge on any atom is 0.342 e. The first kappa shape index (κ1) is 27.0. The van der Waals surface area contributed by atoms with Crippen LogP contribution in [-0.2, 0) is 35.2 Å². The molecule has 2 aromatic carbocycles. The number of esters is 1. The molecule has 2 heterocycles. The average Bonchev–Trinajstić information content (AvgIpc) is 3.18. The Balaban J connectivity index is 1.57. The van der Waals surface area contributed by atoms with E-state index in [2.05, 4.69) is 10.6 Å². The Kier molecular flexibility index (Phi) is 8.49. The summed E-state index contributed by atoms with van der Waals surface area (Å²) in [5.74, 6) is -4.41. The van der Waals surface area contributed by atoms with E-state index in [0.29, 0.717) is 49.1 Å². The molecule has 0 radical (unpaired) electrons. The fourth-order valence-electron chi connectivity index (χ4n) is 4.44. The molecule has 0 aliphatic carbocycles. The Morgan fingerprint density at radius 2 is 1.74 bits per heavy atom. The average molecular weight is 524 g/mol. The van der Waals surface area contributed by atoms with Crippen LogP contribution in [0.2, 0.25) is 0 Å². The largest absolute Gasteiger partial charge is 0.459 e. The Morgan fingerprint density at radius 3 is 2.47 bits per heavy atom. The van der Waals surface area contributed by atoms with Crippen molar-refractivity contribution >= 4 is 35.3 Å². The molecule has 0 aromatic heterocycles. The predicted molar refractivity (Wildman–Crippen MR) is 134 cm³/mol. The lowest BCUT2D eigenvalue weighted by Gasteiger charge is -2.38. The number of hydrogen-bond acceptors (Lipinski definition) is 9. The molecular formula is C27H29N3O8. The van der Waals surface area contributed by atoms with Crippen molar-refractivity contribution in [1.29, 1.82) is 0 Å². The number of amides is 4. The van der Waals surface area contributed by atoms with E-state index < -0.39 is 35.1 Å². The van der Waals surface area contributed by atoms with Crippen LogP contribution in [0, 0.1) is 0 Å². The molecule has 0 saturated carbocycles. The number of ether oxygens (including phenoxy) is 3. The summed E-state index contributed by atoms with van der Waals surface area (Å²) in [6.45, 7) is 3.84. The lowest BCUT2D eigenvalue weighted by atomic mass is 9.86. The molecule has 11 nitrogen and oxygen atoms in total. The van der Waals surface area contributed by atoms with Crippen molar-refractivity contribution in [3.05, 3.63) is 65.2 Å². The van der Waals surface area contributed by atoms with E-state index >= 15 is 0 Å². The third-order valence-corrected chi connectivity index (χ3v) is 6.33. The summed E-state index contributed by atoms with van der Waals surface area (Å²) in [6, 6.07) is 13.4. The van der Waals surface area contributed by atoms with Crippen LogP contribution in [0.1, 0.15) is 46.0 Å². The number of hydrogen-bond donors (Lipinski definition) is 2. The summed E-state index contributed by atoms with van der Waals surface area (Å²) in [6.07, 6.45) is -0.628. The molecule has 2 aromatic rings. The fraction of sp³-hybridized carbons (Fsp3) is 0.370. The number of rotatable bonds is 12. The number of benzene rings is 2. The van der Waals surface area contributed by atoms with Gasteiger partial charge in [0.2, 0.25) is 11.4 Å². The number of fused-ring (bicyclic) bond motifs is 1. The molecule has 1 unspecified atom stereocenters. The summed E-state index contributed by atoms with van der Waals surface area (Å²) in [5, 5.41) is 5.18. The zero-order valence-corrected chi connectivity index (χ0v) is 21.0. The van der Waals surface area contributed by atoms with Crippen molar-refractivity contribution < 1.29 is 38.2 Å². The molecule has 1 atom stereocenters. The molecule has 38 heavy (non-hydrogen) atoms. The van der Waals surface area contributed by atoms with Gasteiger partial charge in [-0.3, -0.25) is 24.5 Å². The van der Waals surface area contributed by atoms with Crippen molar-refractivity contribution in [2.24, 2.45) is 0 Å². The van der Waals surface area contributed by atoms with Crippen LogP contribution in [0.15, 0.2) is 48.5 Å². The van der Waals surface area contributed by atoms with Crippen LogP contribution in [0.25, 0.3) is 0 Å². The Morgan fingerprint density at radius 1 is 0.974 bits per heavy atom. The second kappa shape index (κ2) is 12.0. The van der Waals surface area contributed by atoms with Crippen molar-refractivity contribution in [3.63, 3.8) is 0 Å². The van der Waals surface area contributed by atoms with Crippen LogP contribution in [-0.4, -0.2) is 73.0 Å². The fourth-order valence-corrected chi connectivity index (χ4v) is 4.44. The van der Waals surface area contributed by atoms with Crippen molar-refractivity contribution in [3.8, 4) is 0 Å². The van der Waals surface area contributed by atoms with E-state index in [4.69, 9.17) is 14.2 Å². The molecule has 0 spiro atoms. The first-order chi connectivity index (χ1) is 18.4. The lowest BCUT2D eigenvalue weighted by molar-refractivity contribution is -0.165. The van der Waals surface area contributed by atoms with Crippen LogP contribution in [0.4, 0.5) is 5.69 Å². The van der Waals surface area contributed by atoms with Gasteiger partial charge in [0.05, 0.1) is 30.9 Å². The zero-order chi connectivity index (χ0) is 27.1. The number of piperidine rings is 1. The smallest absolute Gasteiger partial charge is 0.342 e. The Bertz CT molecular complexity index is 1230. The van der Waals surface area contributed by atoms with Crippen LogP contribution in [0.5, 0.6) is 0 Å². The van der Waals surface area contributed by atoms with Gasteiger partial charge in [-0.25, -0.2) is 9.69 Å². The van der Waals surface area contributed by atoms with Gasteiger partial charge in [-0.05, 0) is 31.0 Å². The zero-order valence-electron chi connectivity index (χ0n) is 21.0. The number of carbonyl (C=O) groups is 5. The minimum Gasteiger partial charge on any atom is -0.459 e. The number of anilines is 1. The molecule has 2 aliphatic heterocycles. The summed E-state index contributed by atoms with van der Waals surface area (Å²) < 4.78 is 16.1. The monoisotopic (exact) mass is 523 g/mol. The summed E-state index contributed by atoms with van der Waals surface area (Å²) >= 11 is 0. The highest BCUT2D eigenvalue weighted by molar-refractivity contribution is 6.29. The first-order valence-corrected chi connectivity index (χ1v) is 12.4. The minimum absolute atomic E-state index is 0.0340. The molecular weight excluding hydrogens is 494 g/mol. The van der Waals surface area contributed by atoms with Crippen molar-refractivity contribution in [2.45, 2.75) is 31.9 Å². The number of nitrogens with zero attached hydrogens (tertiary/aromatic N) is 1. The van der Waals surface area contributed by atoms with E-state index in [9.17, 15) is 24.0 Å². The Hall–Kier alpha value is -4.09. The van der Waals surface area contributed by atoms with Gasteiger partial charge in [-0.1, -0.05) is 36.4 Å². The maximum absolute atomic E-state index is 13.7. The molecule has 4 amide bonds. The van der Waals surface area contributed by atoms with Gasteiger partial charge < -0.3 is 19.5 Å². The third kappa shape index (κ3) is 5.29. The van der Waals surface area contributed by atoms with Gasteiger partial charge >= 0.3 is 5.97 Å². The normalized spacial score (nSPS) is 18.8. The molecule has 1 fully saturated rings. The highest BCUT2D eigenvalue weighted by atomic mass is 16.5. The van der Waals surface area contributed by atoms with Crippen molar-refractivity contribution in [1.82, 2.24) is 10.2 Å². The quantitative estimate of drug-likeness (QED) is 0.184. The molecule has 1 saturated heterocycles. The third-order valence-electron chi connectivity index (χ3n) is 6.33. The SMILES string of the molecule is CCOCCOCCNc1cccc2c1C(=O)N(C1(C(=O)OCc3ccccc3)CCC(=O)NC1=O)C2=O. The van der Waals surface area contributed by atoms with E-state index in [0.717, 1.165) is 0 Å². The number of imide groups is 2. The van der Waals surface area contributed by atoms with Gasteiger partial charge in [-0.15, -0.1) is 0 Å². The van der Waals surface area contributed by atoms with Crippen molar-refractivity contribution in [2.75, 3.05) is 38.3 Å². The molecule has 2 N–H and O–H groups in total. The highest BCUT2D eigenvalue weighted by Crippen LogP contribution is 2.38. The van der Waals surface area contributed by atoms with Crippen LogP contribution in [0.3, 0.4) is 0 Å². The van der Waals surface area contributed by atoms with E-state index in [1.54, 1.807) is 42.5 Å². The van der Waals surface area contributed by atoms with Gasteiger partial charge in [0.1, 0.15) is 6.61 Å². The molecule has 2 aliphatic rings. The molecule has 200 valence electrons. The van der Waals surface area contributed by atoms with Gasteiger partial charge in [0.25, 0.3) is 17.7 Å². The van der Waals surface area contributed by atoms with Gasteiger partial charge in [-0.2, -0.15) is 0 Å². The topological polar surface area (TPSA) is 140 Å². The van der Waals surface area contributed by atoms with Gasteiger partial charge in [0, 0.05) is 25.3 Å². The van der Waals surface area contributed by atoms with E-state index in [-0.39, 0.29) is 30.6 Å². The Labute approximate surface area is 219 Å². The predicted octanol–water partition coefficient (Wildman–Crippen LogP) is 1.67. The van der Waals surface area contributed by atoms with E-state index in [1.165, 1.54) is 6.07 Å². The maximum atomic E-state index is 13.7. The van der Waals surface area contributed by atoms with Crippen LogP contribution < -0.4 is 10.6 Å². The summed E-state index contributed by atoms with van der Waals surface area (Å²) in [4.78, 5) is 66.4. The van der Waals surface area contributed by atoms with E-state index in [1.807, 2.05) is 6.92 Å². The lowest BCUT2D eigenvalue weighted by Crippen LogP contribution is -2.68. The molecule has 4 rings (SSSR count). The second-order valence-electron chi connectivity index (χ2n) is 8.71. The highest BCUT2D eigenvalue weighted by Gasteiger charge is 2.61. The molecule has 11 heteroatoms. The standard InChI is InChI=1S/C27H29N3O8/c1-2-36-15-16-37-14-13-28-20-10-6-9-19-22(20)24(33)30(23(19)32)27(12-11-21(31)29-25(27)34)26(35)38-17-18-7-4-3-5-8-18/h3-10,28H,2,11-17H2,1H3,(H,29,31,34). The van der Waals surface area contributed by atoms with Gasteiger partial charge in [0.15, 0.2) is 0 Å². The van der Waals surface area contributed by atoms with Crippen LogP contribution >= 0.6 is 0 Å².